The summed E-state index contributed by atoms with van der Waals surface area (Å²) in [6.45, 7) is 4.69. The Hall–Kier alpha value is -2.93. The highest BCUT2D eigenvalue weighted by Crippen LogP contribution is 2.33. The van der Waals surface area contributed by atoms with Crippen LogP contribution in [0.5, 0.6) is 16.7 Å². The van der Waals surface area contributed by atoms with E-state index in [0.29, 0.717) is 41.0 Å². The highest BCUT2D eigenvalue weighted by Gasteiger charge is 2.14. The number of carbonyl (C=O) groups excluding carboxylic acids is 1. The number of nitrogens with one attached hydrogen (secondary N) is 1. The van der Waals surface area contributed by atoms with Crippen molar-refractivity contribution in [3.05, 3.63) is 65.0 Å². The van der Waals surface area contributed by atoms with E-state index in [4.69, 9.17) is 9.47 Å². The lowest BCUT2D eigenvalue weighted by atomic mass is 10.1. The summed E-state index contributed by atoms with van der Waals surface area (Å²) < 4.78 is 15.6. The fraction of sp³-hybridized carbons (Fsp3) is 0.286. The molecule has 6 nitrogen and oxygen atoms in total. The fourth-order valence-electron chi connectivity index (χ4n) is 2.57. The van der Waals surface area contributed by atoms with Crippen molar-refractivity contribution in [1.82, 2.24) is 14.7 Å². The van der Waals surface area contributed by atoms with Gasteiger partial charge in [0.2, 0.25) is 0 Å². The molecule has 0 unspecified atom stereocenters. The van der Waals surface area contributed by atoms with Crippen LogP contribution in [-0.4, -0.2) is 28.9 Å². The van der Waals surface area contributed by atoms with Crippen LogP contribution < -0.4 is 14.8 Å². The summed E-state index contributed by atoms with van der Waals surface area (Å²) in [6.07, 6.45) is 1.51. The predicted molar refractivity (Wildman–Crippen MR) is 110 cm³/mol. The Morgan fingerprint density at radius 3 is 2.64 bits per heavy atom. The Kier molecular flexibility index (Phi) is 6.60. The van der Waals surface area contributed by atoms with Crippen LogP contribution in [0.2, 0.25) is 0 Å². The molecule has 1 aromatic heterocycles. The summed E-state index contributed by atoms with van der Waals surface area (Å²) in [7, 11) is 1.56. The molecular weight excluding hydrogens is 374 g/mol. The average molecular weight is 398 g/mol. The molecule has 3 aromatic rings. The van der Waals surface area contributed by atoms with Crippen LogP contribution in [0, 0.1) is 6.92 Å². The van der Waals surface area contributed by atoms with Gasteiger partial charge in [-0.3, -0.25) is 4.79 Å². The number of hydrogen-bond donors (Lipinski definition) is 1. The summed E-state index contributed by atoms with van der Waals surface area (Å²) in [4.78, 5) is 16.7. The van der Waals surface area contributed by atoms with Gasteiger partial charge in [-0.25, -0.2) is 0 Å². The first-order chi connectivity index (χ1) is 13.6. The Balaban J connectivity index is 1.74. The van der Waals surface area contributed by atoms with Gasteiger partial charge in [-0.15, -0.1) is 0 Å². The number of rotatable bonds is 8. The molecule has 0 bridgehead atoms. The molecule has 0 radical (unpaired) electrons. The Morgan fingerprint density at radius 2 is 1.93 bits per heavy atom. The second-order valence-electron chi connectivity index (χ2n) is 6.36. The molecule has 7 heteroatoms. The van der Waals surface area contributed by atoms with E-state index in [9.17, 15) is 4.79 Å². The number of nitrogens with zero attached hydrogens (tertiary/aromatic N) is 2. The molecule has 28 heavy (non-hydrogen) atoms. The van der Waals surface area contributed by atoms with Crippen molar-refractivity contribution >= 4 is 17.4 Å². The Morgan fingerprint density at radius 1 is 1.14 bits per heavy atom. The summed E-state index contributed by atoms with van der Waals surface area (Å²) in [5, 5.41) is 3.26. The van der Waals surface area contributed by atoms with Crippen LogP contribution in [0.4, 0.5) is 0 Å². The van der Waals surface area contributed by atoms with E-state index in [0.717, 1.165) is 12.0 Å². The molecule has 0 aliphatic carbocycles. The van der Waals surface area contributed by atoms with Crippen LogP contribution in [-0.2, 0) is 6.42 Å². The third-order valence-corrected chi connectivity index (χ3v) is 4.72. The lowest BCUT2D eigenvalue weighted by Gasteiger charge is -2.10. The first-order valence-corrected chi connectivity index (χ1v) is 9.88. The number of ether oxygens (including phenoxy) is 2. The van der Waals surface area contributed by atoms with Crippen LogP contribution in [0.15, 0.2) is 42.5 Å². The van der Waals surface area contributed by atoms with Gasteiger partial charge in [-0.05, 0) is 37.1 Å². The fourth-order valence-corrected chi connectivity index (χ4v) is 3.13. The van der Waals surface area contributed by atoms with Crippen LogP contribution >= 0.6 is 11.5 Å². The Bertz CT molecular complexity index is 938. The van der Waals surface area contributed by atoms with Gasteiger partial charge in [-0.2, -0.15) is 9.36 Å². The minimum atomic E-state index is -0.147. The molecule has 0 saturated heterocycles. The first-order valence-electron chi connectivity index (χ1n) is 9.11. The second kappa shape index (κ2) is 9.32. The largest absolute Gasteiger partial charge is 0.493 e. The zero-order valence-electron chi connectivity index (χ0n) is 16.2. The standard InChI is InChI=1S/C21H23N3O3S/c1-4-11-22-20(25)16-9-10-17(26-3)18(13-16)27-21-23-19(24-28-21)12-15-7-5-14(2)6-8-15/h5-10,13H,4,11-12H2,1-3H3,(H,22,25). The second-order valence-corrected chi connectivity index (χ2v) is 7.08. The normalized spacial score (nSPS) is 10.5. The van der Waals surface area contributed by atoms with E-state index in [2.05, 4.69) is 45.9 Å². The van der Waals surface area contributed by atoms with Crippen molar-refractivity contribution in [3.63, 3.8) is 0 Å². The lowest BCUT2D eigenvalue weighted by Crippen LogP contribution is -2.23. The summed E-state index contributed by atoms with van der Waals surface area (Å²) in [6, 6.07) is 13.4. The van der Waals surface area contributed by atoms with Gasteiger partial charge in [-0.1, -0.05) is 36.8 Å². The quantitative estimate of drug-likeness (QED) is 0.611. The van der Waals surface area contributed by atoms with Gasteiger partial charge in [0, 0.05) is 30.1 Å². The van der Waals surface area contributed by atoms with Gasteiger partial charge < -0.3 is 14.8 Å². The van der Waals surface area contributed by atoms with Crippen molar-refractivity contribution in [1.29, 1.82) is 0 Å². The molecule has 1 heterocycles. The number of hydrogen-bond acceptors (Lipinski definition) is 6. The lowest BCUT2D eigenvalue weighted by molar-refractivity contribution is 0.0953. The van der Waals surface area contributed by atoms with E-state index in [1.165, 1.54) is 17.1 Å². The van der Waals surface area contributed by atoms with Crippen LogP contribution in [0.3, 0.4) is 0 Å². The topological polar surface area (TPSA) is 73.3 Å². The maximum atomic E-state index is 12.2. The van der Waals surface area contributed by atoms with Gasteiger partial charge in [0.15, 0.2) is 17.3 Å². The number of amides is 1. The number of methoxy groups -OCH3 is 1. The van der Waals surface area contributed by atoms with Gasteiger partial charge in [0.1, 0.15) is 0 Å². The molecular formula is C21H23N3O3S. The van der Waals surface area contributed by atoms with E-state index in [1.54, 1.807) is 25.3 Å². The highest BCUT2D eigenvalue weighted by molar-refractivity contribution is 7.07. The molecule has 0 aliphatic heterocycles. The van der Waals surface area contributed by atoms with Gasteiger partial charge in [0.25, 0.3) is 11.1 Å². The summed E-state index contributed by atoms with van der Waals surface area (Å²) >= 11 is 1.17. The van der Waals surface area contributed by atoms with E-state index in [1.807, 2.05) is 6.92 Å². The number of aromatic nitrogens is 2. The van der Waals surface area contributed by atoms with E-state index < -0.39 is 0 Å². The van der Waals surface area contributed by atoms with Crippen LogP contribution in [0.25, 0.3) is 0 Å². The van der Waals surface area contributed by atoms with E-state index >= 15 is 0 Å². The predicted octanol–water partition coefficient (Wildman–Crippen LogP) is 4.38. The molecule has 0 fully saturated rings. The molecule has 0 saturated carbocycles. The molecule has 0 spiro atoms. The summed E-state index contributed by atoms with van der Waals surface area (Å²) in [5.74, 6) is 1.51. The van der Waals surface area contributed by atoms with Crippen molar-refractivity contribution in [3.8, 4) is 16.7 Å². The molecule has 146 valence electrons. The van der Waals surface area contributed by atoms with Crippen molar-refractivity contribution < 1.29 is 14.3 Å². The van der Waals surface area contributed by atoms with E-state index in [-0.39, 0.29) is 5.91 Å². The van der Waals surface area contributed by atoms with Crippen LogP contribution in [0.1, 0.15) is 40.7 Å². The number of aryl methyl sites for hydroxylation is 1. The van der Waals surface area contributed by atoms with Gasteiger partial charge >= 0.3 is 0 Å². The molecule has 3 rings (SSSR count). The maximum Gasteiger partial charge on any atom is 0.298 e. The van der Waals surface area contributed by atoms with Gasteiger partial charge in [0.05, 0.1) is 7.11 Å². The summed E-state index contributed by atoms with van der Waals surface area (Å²) in [5.41, 5.74) is 2.87. The molecule has 1 amide bonds. The van der Waals surface area contributed by atoms with Crippen molar-refractivity contribution in [2.75, 3.05) is 13.7 Å². The zero-order chi connectivity index (χ0) is 19.9. The first kappa shape index (κ1) is 19.8. The average Bonchev–Trinajstić information content (AvgIpc) is 3.14. The van der Waals surface area contributed by atoms with Crippen molar-refractivity contribution in [2.24, 2.45) is 0 Å². The molecule has 0 aliphatic rings. The smallest absolute Gasteiger partial charge is 0.298 e. The Labute approximate surface area is 168 Å². The maximum absolute atomic E-state index is 12.2. The SMILES string of the molecule is CCCNC(=O)c1ccc(OC)c(Oc2nc(Cc3ccc(C)cc3)ns2)c1. The molecule has 2 aromatic carbocycles. The number of carbonyl (C=O) groups is 1. The van der Waals surface area contributed by atoms with Crippen molar-refractivity contribution in [2.45, 2.75) is 26.7 Å². The third-order valence-electron chi connectivity index (χ3n) is 4.09. The monoisotopic (exact) mass is 397 g/mol. The molecule has 1 N–H and O–H groups in total. The number of benzene rings is 2. The zero-order valence-corrected chi connectivity index (χ0v) is 17.0. The third kappa shape index (κ3) is 5.07. The minimum Gasteiger partial charge on any atom is -0.493 e. The molecule has 0 atom stereocenters. The highest BCUT2D eigenvalue weighted by atomic mass is 32.1. The minimum absolute atomic E-state index is 0.147.